The topological polar surface area (TPSA) is 44.5 Å². The largest absolute Gasteiger partial charge is 0.493 e. The van der Waals surface area contributed by atoms with Crippen molar-refractivity contribution in [1.29, 1.82) is 0 Å². The Morgan fingerprint density at radius 1 is 1.17 bits per heavy atom. The van der Waals surface area contributed by atoms with Crippen LogP contribution in [0.5, 0.6) is 11.5 Å². The maximum Gasteiger partial charge on any atom is 0.164 e. The van der Waals surface area contributed by atoms with Crippen molar-refractivity contribution in [3.05, 3.63) is 22.8 Å². The van der Waals surface area contributed by atoms with Crippen LogP contribution in [0.2, 0.25) is 0 Å². The zero-order valence-electron chi connectivity index (χ0n) is 11.2. The lowest BCUT2D eigenvalue weighted by Crippen LogP contribution is -2.35. The molecule has 3 nitrogen and oxygen atoms in total. The molecule has 0 fully saturated rings. The van der Waals surface area contributed by atoms with E-state index in [1.54, 1.807) is 14.2 Å². The Bertz CT molecular complexity index is 470. The molecule has 2 aliphatic carbocycles. The minimum Gasteiger partial charge on any atom is -0.493 e. The Kier molecular flexibility index (Phi) is 2.94. The van der Waals surface area contributed by atoms with Crippen molar-refractivity contribution in [2.75, 3.05) is 14.2 Å². The lowest BCUT2D eigenvalue weighted by molar-refractivity contribution is 0.340. The quantitative estimate of drug-likeness (QED) is 0.872. The Hall–Kier alpha value is -1.22. The third-order valence-corrected chi connectivity index (χ3v) is 4.47. The smallest absolute Gasteiger partial charge is 0.164 e. The second-order valence-corrected chi connectivity index (χ2v) is 5.36. The summed E-state index contributed by atoms with van der Waals surface area (Å²) in [5.41, 5.74) is 10.5. The predicted molar refractivity (Wildman–Crippen MR) is 71.5 cm³/mol. The van der Waals surface area contributed by atoms with Gasteiger partial charge in [-0.3, -0.25) is 0 Å². The number of methoxy groups -OCH3 is 2. The summed E-state index contributed by atoms with van der Waals surface area (Å²) in [6.07, 6.45) is 5.67. The fraction of sp³-hybridized carbons (Fsp3) is 0.600. The van der Waals surface area contributed by atoms with Crippen LogP contribution in [-0.2, 0) is 12.8 Å². The average Bonchev–Trinajstić information content (AvgIpc) is 2.42. The van der Waals surface area contributed by atoms with Crippen molar-refractivity contribution in [3.8, 4) is 11.5 Å². The lowest BCUT2D eigenvalue weighted by atomic mass is 9.71. The van der Waals surface area contributed by atoms with E-state index in [1.165, 1.54) is 29.5 Å². The van der Waals surface area contributed by atoms with E-state index in [4.69, 9.17) is 15.2 Å². The summed E-state index contributed by atoms with van der Waals surface area (Å²) in [4.78, 5) is 0. The summed E-state index contributed by atoms with van der Waals surface area (Å²) in [5, 5.41) is 0. The molecule has 1 aromatic rings. The van der Waals surface area contributed by atoms with Gasteiger partial charge >= 0.3 is 0 Å². The number of hydrogen-bond acceptors (Lipinski definition) is 3. The molecule has 2 aliphatic rings. The van der Waals surface area contributed by atoms with Crippen LogP contribution < -0.4 is 15.2 Å². The first-order valence-corrected chi connectivity index (χ1v) is 6.78. The van der Waals surface area contributed by atoms with Crippen molar-refractivity contribution in [1.82, 2.24) is 0 Å². The molecule has 2 N–H and O–H groups in total. The van der Waals surface area contributed by atoms with Crippen LogP contribution in [0.25, 0.3) is 0 Å². The molecule has 2 atom stereocenters. The molecule has 2 unspecified atom stereocenters. The van der Waals surface area contributed by atoms with Gasteiger partial charge < -0.3 is 15.2 Å². The Morgan fingerprint density at radius 2 is 2.00 bits per heavy atom. The Labute approximate surface area is 108 Å². The summed E-state index contributed by atoms with van der Waals surface area (Å²) in [6, 6.07) is 2.47. The molecule has 0 amide bonds. The zero-order chi connectivity index (χ0) is 12.7. The van der Waals surface area contributed by atoms with E-state index in [2.05, 4.69) is 6.07 Å². The SMILES string of the molecule is COc1cc2c3c(c1OC)CCCC3C(N)CC2. The van der Waals surface area contributed by atoms with Gasteiger partial charge in [0.15, 0.2) is 11.5 Å². The van der Waals surface area contributed by atoms with Crippen LogP contribution >= 0.6 is 0 Å². The molecule has 0 aliphatic heterocycles. The van der Waals surface area contributed by atoms with Gasteiger partial charge in [-0.05, 0) is 55.2 Å². The van der Waals surface area contributed by atoms with Crippen molar-refractivity contribution >= 4 is 0 Å². The molecule has 0 bridgehead atoms. The van der Waals surface area contributed by atoms with Crippen LogP contribution in [0.15, 0.2) is 6.07 Å². The molecule has 0 aromatic heterocycles. The van der Waals surface area contributed by atoms with E-state index in [0.717, 1.165) is 30.8 Å². The molecule has 0 heterocycles. The first kappa shape index (κ1) is 11.8. The third-order valence-electron chi connectivity index (χ3n) is 4.47. The molecular formula is C15H21NO2. The second-order valence-electron chi connectivity index (χ2n) is 5.36. The van der Waals surface area contributed by atoms with E-state index in [-0.39, 0.29) is 0 Å². The molecule has 0 saturated heterocycles. The number of aryl methyl sites for hydroxylation is 1. The highest BCUT2D eigenvalue weighted by atomic mass is 16.5. The van der Waals surface area contributed by atoms with Gasteiger partial charge in [-0.2, -0.15) is 0 Å². The van der Waals surface area contributed by atoms with Crippen LogP contribution in [0.3, 0.4) is 0 Å². The van der Waals surface area contributed by atoms with E-state index in [0.29, 0.717) is 12.0 Å². The minimum atomic E-state index is 0.314. The summed E-state index contributed by atoms with van der Waals surface area (Å²) in [6.45, 7) is 0. The van der Waals surface area contributed by atoms with Crippen LogP contribution in [0, 0.1) is 0 Å². The Balaban J connectivity index is 2.21. The highest BCUT2D eigenvalue weighted by molar-refractivity contribution is 5.57. The molecule has 18 heavy (non-hydrogen) atoms. The summed E-state index contributed by atoms with van der Waals surface area (Å²) >= 11 is 0. The summed E-state index contributed by atoms with van der Waals surface area (Å²) in [7, 11) is 3.44. The van der Waals surface area contributed by atoms with Crippen LogP contribution in [-0.4, -0.2) is 20.3 Å². The third kappa shape index (κ3) is 1.61. The van der Waals surface area contributed by atoms with Gasteiger partial charge in [-0.1, -0.05) is 0 Å². The normalized spacial score (nSPS) is 25.5. The molecule has 3 rings (SSSR count). The van der Waals surface area contributed by atoms with Gasteiger partial charge in [0.1, 0.15) is 0 Å². The van der Waals surface area contributed by atoms with Gasteiger partial charge in [0.2, 0.25) is 0 Å². The highest BCUT2D eigenvalue weighted by Gasteiger charge is 2.34. The average molecular weight is 247 g/mol. The molecule has 0 radical (unpaired) electrons. The fourth-order valence-corrected chi connectivity index (χ4v) is 3.65. The van der Waals surface area contributed by atoms with Crippen LogP contribution in [0.1, 0.15) is 41.9 Å². The van der Waals surface area contributed by atoms with E-state index in [1.807, 2.05) is 0 Å². The van der Waals surface area contributed by atoms with E-state index >= 15 is 0 Å². The molecule has 0 saturated carbocycles. The van der Waals surface area contributed by atoms with Crippen molar-refractivity contribution in [2.24, 2.45) is 5.73 Å². The van der Waals surface area contributed by atoms with Gasteiger partial charge in [0.05, 0.1) is 14.2 Å². The van der Waals surface area contributed by atoms with Crippen molar-refractivity contribution in [3.63, 3.8) is 0 Å². The molecular weight excluding hydrogens is 226 g/mol. The molecule has 1 aromatic carbocycles. The monoisotopic (exact) mass is 247 g/mol. The second kappa shape index (κ2) is 4.47. The van der Waals surface area contributed by atoms with Crippen LogP contribution in [0.4, 0.5) is 0 Å². The number of hydrogen-bond donors (Lipinski definition) is 1. The standard InChI is InChI=1S/C15H21NO2/c1-17-13-8-9-6-7-12(16)10-4-3-5-11(14(9)10)15(13)18-2/h8,10,12H,3-7,16H2,1-2H3. The Morgan fingerprint density at radius 3 is 2.72 bits per heavy atom. The first-order valence-electron chi connectivity index (χ1n) is 6.78. The summed E-state index contributed by atoms with van der Waals surface area (Å²) < 4.78 is 11.1. The van der Waals surface area contributed by atoms with Crippen molar-refractivity contribution in [2.45, 2.75) is 44.1 Å². The molecule has 0 spiro atoms. The number of benzene rings is 1. The first-order chi connectivity index (χ1) is 8.76. The lowest BCUT2D eigenvalue weighted by Gasteiger charge is -2.37. The predicted octanol–water partition coefficient (Wildman–Crippen LogP) is 2.40. The van der Waals surface area contributed by atoms with Crippen molar-refractivity contribution < 1.29 is 9.47 Å². The maximum absolute atomic E-state index is 6.30. The fourth-order valence-electron chi connectivity index (χ4n) is 3.65. The number of ether oxygens (including phenoxy) is 2. The van der Waals surface area contributed by atoms with Gasteiger partial charge in [0.25, 0.3) is 0 Å². The summed E-state index contributed by atoms with van der Waals surface area (Å²) in [5.74, 6) is 2.33. The number of nitrogens with two attached hydrogens (primary N) is 1. The van der Waals surface area contributed by atoms with Gasteiger partial charge in [0, 0.05) is 11.6 Å². The minimum absolute atomic E-state index is 0.314. The maximum atomic E-state index is 6.30. The number of rotatable bonds is 2. The van der Waals surface area contributed by atoms with E-state index < -0.39 is 0 Å². The van der Waals surface area contributed by atoms with E-state index in [9.17, 15) is 0 Å². The molecule has 98 valence electrons. The van der Waals surface area contributed by atoms with Gasteiger partial charge in [-0.15, -0.1) is 0 Å². The molecule has 3 heteroatoms. The zero-order valence-corrected chi connectivity index (χ0v) is 11.2. The van der Waals surface area contributed by atoms with Gasteiger partial charge in [-0.25, -0.2) is 0 Å². The highest BCUT2D eigenvalue weighted by Crippen LogP contribution is 2.47.